The third-order valence-corrected chi connectivity index (χ3v) is 3.15. The molecule has 1 aliphatic rings. The van der Waals surface area contributed by atoms with E-state index in [0.29, 0.717) is 5.41 Å². The van der Waals surface area contributed by atoms with Gasteiger partial charge in [0, 0.05) is 48.5 Å². The van der Waals surface area contributed by atoms with Gasteiger partial charge in [0.2, 0.25) is 0 Å². The maximum absolute atomic E-state index is 5.15. The second kappa shape index (κ2) is 7.41. The van der Waals surface area contributed by atoms with Crippen LogP contribution in [0.15, 0.2) is 4.99 Å². The lowest BCUT2D eigenvalue weighted by molar-refractivity contribution is 0.174. The summed E-state index contributed by atoms with van der Waals surface area (Å²) in [6, 6.07) is 0. The first-order chi connectivity index (χ1) is 7.51. The molecular formula is C12H26IN3O. The van der Waals surface area contributed by atoms with E-state index in [0.717, 1.165) is 25.5 Å². The van der Waals surface area contributed by atoms with Gasteiger partial charge in [-0.15, -0.1) is 24.0 Å². The van der Waals surface area contributed by atoms with Crippen molar-refractivity contribution in [1.29, 1.82) is 0 Å². The van der Waals surface area contributed by atoms with Gasteiger partial charge >= 0.3 is 0 Å². The molecule has 1 fully saturated rings. The lowest BCUT2D eigenvalue weighted by atomic mass is 10.0. The van der Waals surface area contributed by atoms with Crippen molar-refractivity contribution >= 4 is 29.9 Å². The fourth-order valence-corrected chi connectivity index (χ4v) is 1.90. The highest BCUT2D eigenvalue weighted by atomic mass is 127. The molecular weight excluding hydrogens is 329 g/mol. The van der Waals surface area contributed by atoms with Gasteiger partial charge in [-0.2, -0.15) is 0 Å². The van der Waals surface area contributed by atoms with E-state index in [1.54, 1.807) is 7.11 Å². The summed E-state index contributed by atoms with van der Waals surface area (Å²) in [5.74, 6) is 1.05. The molecule has 1 rings (SSSR count). The van der Waals surface area contributed by atoms with Gasteiger partial charge in [-0.05, 0) is 24.7 Å². The maximum Gasteiger partial charge on any atom is 0.195 e. The van der Waals surface area contributed by atoms with Crippen LogP contribution in [0.4, 0.5) is 0 Å². The topological polar surface area (TPSA) is 28.1 Å². The van der Waals surface area contributed by atoms with E-state index in [1.807, 2.05) is 28.2 Å². The van der Waals surface area contributed by atoms with Gasteiger partial charge in [0.15, 0.2) is 5.96 Å². The van der Waals surface area contributed by atoms with Crippen LogP contribution in [0.25, 0.3) is 0 Å². The Morgan fingerprint density at radius 3 is 2.06 bits per heavy atom. The number of hydrogen-bond donors (Lipinski definition) is 0. The van der Waals surface area contributed by atoms with E-state index in [1.165, 1.54) is 12.8 Å². The summed E-state index contributed by atoms with van der Waals surface area (Å²) in [6.45, 7) is 1.79. The largest absolute Gasteiger partial charge is 0.385 e. The Morgan fingerprint density at radius 1 is 1.18 bits per heavy atom. The van der Waals surface area contributed by atoms with Crippen molar-refractivity contribution in [1.82, 2.24) is 9.80 Å². The van der Waals surface area contributed by atoms with Crippen molar-refractivity contribution in [2.45, 2.75) is 19.3 Å². The zero-order valence-electron chi connectivity index (χ0n) is 11.7. The van der Waals surface area contributed by atoms with Crippen molar-refractivity contribution in [3.63, 3.8) is 0 Å². The van der Waals surface area contributed by atoms with E-state index in [-0.39, 0.29) is 24.0 Å². The predicted octanol–water partition coefficient (Wildman–Crippen LogP) is 1.90. The van der Waals surface area contributed by atoms with Crippen LogP contribution in [-0.2, 0) is 4.74 Å². The highest BCUT2D eigenvalue weighted by molar-refractivity contribution is 14.0. The van der Waals surface area contributed by atoms with Gasteiger partial charge in [0.05, 0.1) is 0 Å². The lowest BCUT2D eigenvalue weighted by Crippen LogP contribution is -2.36. The second-order valence-electron chi connectivity index (χ2n) is 5.15. The molecule has 0 heterocycles. The molecule has 0 aromatic heterocycles. The lowest BCUT2D eigenvalue weighted by Gasteiger charge is -2.23. The molecule has 0 amide bonds. The molecule has 5 heteroatoms. The average molecular weight is 355 g/mol. The first kappa shape index (κ1) is 17.0. The minimum atomic E-state index is 0. The molecule has 1 saturated carbocycles. The highest BCUT2D eigenvalue weighted by Crippen LogP contribution is 2.49. The number of methoxy groups -OCH3 is 1. The van der Waals surface area contributed by atoms with E-state index >= 15 is 0 Å². The number of rotatable bonds is 5. The summed E-state index contributed by atoms with van der Waals surface area (Å²) in [6.07, 6.45) is 3.74. The van der Waals surface area contributed by atoms with Crippen molar-refractivity contribution in [3.05, 3.63) is 0 Å². The molecule has 0 aromatic carbocycles. The van der Waals surface area contributed by atoms with Crippen LogP contribution in [0.5, 0.6) is 0 Å². The summed E-state index contributed by atoms with van der Waals surface area (Å²) in [5, 5.41) is 0. The van der Waals surface area contributed by atoms with Crippen LogP contribution in [0.1, 0.15) is 19.3 Å². The summed E-state index contributed by atoms with van der Waals surface area (Å²) in [4.78, 5) is 8.85. The van der Waals surface area contributed by atoms with Gasteiger partial charge < -0.3 is 14.5 Å². The summed E-state index contributed by atoms with van der Waals surface area (Å²) in [7, 11) is 9.91. The Hall–Kier alpha value is -0.0400. The minimum Gasteiger partial charge on any atom is -0.385 e. The van der Waals surface area contributed by atoms with Gasteiger partial charge in [-0.25, -0.2) is 0 Å². The van der Waals surface area contributed by atoms with Crippen LogP contribution in [0, 0.1) is 5.41 Å². The molecule has 4 nitrogen and oxygen atoms in total. The van der Waals surface area contributed by atoms with E-state index in [2.05, 4.69) is 9.80 Å². The van der Waals surface area contributed by atoms with Crippen LogP contribution in [0.3, 0.4) is 0 Å². The van der Waals surface area contributed by atoms with Crippen molar-refractivity contribution < 1.29 is 4.74 Å². The van der Waals surface area contributed by atoms with Gasteiger partial charge in [0.1, 0.15) is 0 Å². The summed E-state index contributed by atoms with van der Waals surface area (Å²) < 4.78 is 5.15. The molecule has 0 radical (unpaired) electrons. The smallest absolute Gasteiger partial charge is 0.195 e. The molecule has 1 aliphatic carbocycles. The fourth-order valence-electron chi connectivity index (χ4n) is 1.90. The molecule has 0 saturated heterocycles. The molecule has 0 bridgehead atoms. The minimum absolute atomic E-state index is 0. The first-order valence-corrected chi connectivity index (χ1v) is 5.89. The first-order valence-electron chi connectivity index (χ1n) is 5.89. The van der Waals surface area contributed by atoms with Gasteiger partial charge in [-0.3, -0.25) is 4.99 Å². The molecule has 0 N–H and O–H groups in total. The molecule has 0 spiro atoms. The maximum atomic E-state index is 5.15. The predicted molar refractivity (Wildman–Crippen MR) is 83.3 cm³/mol. The number of ether oxygens (including phenoxy) is 1. The Labute approximate surface area is 122 Å². The zero-order chi connectivity index (χ0) is 12.2. The Bertz CT molecular complexity index is 240. The van der Waals surface area contributed by atoms with E-state index < -0.39 is 0 Å². The zero-order valence-corrected chi connectivity index (χ0v) is 14.0. The molecule has 102 valence electrons. The van der Waals surface area contributed by atoms with E-state index in [4.69, 9.17) is 9.73 Å². The normalized spacial score (nSPS) is 15.8. The molecule has 0 aliphatic heterocycles. The van der Waals surface area contributed by atoms with Crippen molar-refractivity contribution in [2.75, 3.05) is 48.5 Å². The van der Waals surface area contributed by atoms with Crippen molar-refractivity contribution in [3.8, 4) is 0 Å². The Balaban J connectivity index is 0.00000256. The third-order valence-electron chi connectivity index (χ3n) is 3.15. The van der Waals surface area contributed by atoms with Crippen LogP contribution < -0.4 is 0 Å². The number of nitrogens with zero attached hydrogens (tertiary/aromatic N) is 3. The standard InChI is InChI=1S/C12H25N3O.HI/c1-14(2)11(15(3)4)13-10-12(6-7-12)8-9-16-5;/h6-10H2,1-5H3;1H. The van der Waals surface area contributed by atoms with Gasteiger partial charge in [0.25, 0.3) is 0 Å². The molecule has 0 unspecified atom stereocenters. The summed E-state index contributed by atoms with van der Waals surface area (Å²) >= 11 is 0. The van der Waals surface area contributed by atoms with Crippen LogP contribution in [-0.4, -0.2) is 64.2 Å². The Morgan fingerprint density at radius 2 is 1.71 bits per heavy atom. The highest BCUT2D eigenvalue weighted by Gasteiger charge is 2.41. The molecule has 17 heavy (non-hydrogen) atoms. The second-order valence-corrected chi connectivity index (χ2v) is 5.15. The average Bonchev–Trinajstić information content (AvgIpc) is 2.95. The number of guanidine groups is 1. The number of hydrogen-bond acceptors (Lipinski definition) is 2. The van der Waals surface area contributed by atoms with Crippen LogP contribution in [0.2, 0.25) is 0 Å². The number of aliphatic imine (C=N–C) groups is 1. The molecule has 0 aromatic rings. The monoisotopic (exact) mass is 355 g/mol. The number of halogens is 1. The van der Waals surface area contributed by atoms with Crippen molar-refractivity contribution in [2.24, 2.45) is 10.4 Å². The SMILES string of the molecule is COCCC1(CN=C(N(C)C)N(C)C)CC1.I. The van der Waals surface area contributed by atoms with E-state index in [9.17, 15) is 0 Å². The van der Waals surface area contributed by atoms with Crippen LogP contribution >= 0.6 is 24.0 Å². The fraction of sp³-hybridized carbons (Fsp3) is 0.917. The van der Waals surface area contributed by atoms with Gasteiger partial charge in [-0.1, -0.05) is 0 Å². The third kappa shape index (κ3) is 5.42. The quantitative estimate of drug-likeness (QED) is 0.428. The summed E-state index contributed by atoms with van der Waals surface area (Å²) in [5.41, 5.74) is 0.438. The molecule has 0 atom stereocenters. The Kier molecular flexibility index (Phi) is 7.39.